The molecule has 0 N–H and O–H groups in total. The van der Waals surface area contributed by atoms with Gasteiger partial charge in [0.05, 0.1) is 6.10 Å². The Hall–Kier alpha value is -0.300. The van der Waals surface area contributed by atoms with Crippen LogP contribution < -0.4 is 0 Å². The van der Waals surface area contributed by atoms with E-state index in [2.05, 4.69) is 40.7 Å². The molecule has 0 saturated carbocycles. The summed E-state index contributed by atoms with van der Waals surface area (Å²) in [5, 5.41) is 0. The van der Waals surface area contributed by atoms with Gasteiger partial charge in [0.15, 0.2) is 0 Å². The number of allylic oxidation sites excluding steroid dienone is 2. The van der Waals surface area contributed by atoms with Crippen molar-refractivity contribution in [2.75, 3.05) is 6.61 Å². The molecule has 84 valence electrons. The molecule has 1 nitrogen and oxygen atoms in total. The molecule has 0 fully saturated rings. The summed E-state index contributed by atoms with van der Waals surface area (Å²) in [4.78, 5) is 0. The predicted octanol–water partition coefficient (Wildman–Crippen LogP) is 4.18. The Kier molecular flexibility index (Phi) is 7.87. The summed E-state index contributed by atoms with van der Waals surface area (Å²) in [6.45, 7) is 11.7. The van der Waals surface area contributed by atoms with Crippen molar-refractivity contribution in [2.24, 2.45) is 5.92 Å². The monoisotopic (exact) mass is 198 g/mol. The molecule has 0 spiro atoms. The Morgan fingerprint density at radius 2 is 1.79 bits per heavy atom. The number of hydrogen-bond donors (Lipinski definition) is 0. The van der Waals surface area contributed by atoms with Crippen molar-refractivity contribution in [1.82, 2.24) is 0 Å². The maximum Gasteiger partial charge on any atom is 0.0518 e. The summed E-state index contributed by atoms with van der Waals surface area (Å²) in [6, 6.07) is 0. The van der Waals surface area contributed by atoms with Crippen LogP contribution in [-0.4, -0.2) is 12.7 Å². The van der Waals surface area contributed by atoms with Gasteiger partial charge in [-0.05, 0) is 52.9 Å². The normalized spacial score (nSPS) is 13.0. The van der Waals surface area contributed by atoms with E-state index in [1.807, 2.05) is 0 Å². The van der Waals surface area contributed by atoms with Crippen molar-refractivity contribution in [3.63, 3.8) is 0 Å². The van der Waals surface area contributed by atoms with Gasteiger partial charge in [-0.15, -0.1) is 0 Å². The molecule has 0 aliphatic heterocycles. The highest BCUT2D eigenvalue weighted by molar-refractivity contribution is 4.92. The van der Waals surface area contributed by atoms with Crippen LogP contribution in [0.5, 0.6) is 0 Å². The topological polar surface area (TPSA) is 9.23 Å². The molecule has 0 rings (SSSR count). The SMILES string of the molecule is CC(C)=CCCC(C)CCOC(C)C. The Balaban J connectivity index is 3.37. The van der Waals surface area contributed by atoms with Crippen molar-refractivity contribution < 1.29 is 4.74 Å². The molecular formula is C13H26O. The molecular weight excluding hydrogens is 172 g/mol. The van der Waals surface area contributed by atoms with E-state index in [0.717, 1.165) is 12.5 Å². The molecule has 0 saturated heterocycles. The van der Waals surface area contributed by atoms with Crippen molar-refractivity contribution >= 4 is 0 Å². The van der Waals surface area contributed by atoms with Crippen molar-refractivity contribution in [3.8, 4) is 0 Å². The van der Waals surface area contributed by atoms with Gasteiger partial charge >= 0.3 is 0 Å². The molecule has 0 radical (unpaired) electrons. The smallest absolute Gasteiger partial charge is 0.0518 e. The first-order valence-corrected chi connectivity index (χ1v) is 5.77. The summed E-state index contributed by atoms with van der Waals surface area (Å²) < 4.78 is 5.52. The van der Waals surface area contributed by atoms with Crippen LogP contribution in [0.15, 0.2) is 11.6 Å². The second-order valence-electron chi connectivity index (χ2n) is 4.67. The van der Waals surface area contributed by atoms with E-state index < -0.39 is 0 Å². The van der Waals surface area contributed by atoms with Gasteiger partial charge in [0, 0.05) is 6.61 Å². The average molecular weight is 198 g/mol. The van der Waals surface area contributed by atoms with Gasteiger partial charge in [-0.2, -0.15) is 0 Å². The number of hydrogen-bond acceptors (Lipinski definition) is 1. The minimum Gasteiger partial charge on any atom is -0.379 e. The molecule has 0 aliphatic carbocycles. The molecule has 0 aliphatic rings. The summed E-state index contributed by atoms with van der Waals surface area (Å²) in [7, 11) is 0. The van der Waals surface area contributed by atoms with E-state index in [1.54, 1.807) is 0 Å². The van der Waals surface area contributed by atoms with Gasteiger partial charge in [-0.1, -0.05) is 18.6 Å². The van der Waals surface area contributed by atoms with E-state index in [9.17, 15) is 0 Å². The molecule has 1 heteroatoms. The van der Waals surface area contributed by atoms with Crippen LogP contribution in [0.4, 0.5) is 0 Å². The van der Waals surface area contributed by atoms with Crippen molar-refractivity contribution in [3.05, 3.63) is 11.6 Å². The van der Waals surface area contributed by atoms with Crippen molar-refractivity contribution in [2.45, 2.75) is 60.0 Å². The number of ether oxygens (including phenoxy) is 1. The lowest BCUT2D eigenvalue weighted by molar-refractivity contribution is 0.0691. The van der Waals surface area contributed by atoms with Crippen LogP contribution >= 0.6 is 0 Å². The molecule has 0 heterocycles. The van der Waals surface area contributed by atoms with E-state index in [4.69, 9.17) is 4.74 Å². The van der Waals surface area contributed by atoms with E-state index in [-0.39, 0.29) is 0 Å². The third-order valence-corrected chi connectivity index (χ3v) is 2.27. The second-order valence-corrected chi connectivity index (χ2v) is 4.67. The summed E-state index contributed by atoms with van der Waals surface area (Å²) in [6.07, 6.45) is 6.38. The summed E-state index contributed by atoms with van der Waals surface area (Å²) in [5.74, 6) is 0.782. The largest absolute Gasteiger partial charge is 0.379 e. The van der Waals surface area contributed by atoms with Crippen LogP contribution in [0, 0.1) is 5.92 Å². The van der Waals surface area contributed by atoms with Gasteiger partial charge in [0.1, 0.15) is 0 Å². The highest BCUT2D eigenvalue weighted by Crippen LogP contribution is 2.12. The maximum atomic E-state index is 5.52. The molecule has 0 aromatic rings. The fourth-order valence-corrected chi connectivity index (χ4v) is 1.31. The van der Waals surface area contributed by atoms with Gasteiger partial charge in [-0.3, -0.25) is 0 Å². The zero-order chi connectivity index (χ0) is 11.0. The Bertz CT molecular complexity index is 155. The maximum absolute atomic E-state index is 5.52. The molecule has 0 aromatic carbocycles. The second kappa shape index (κ2) is 8.05. The highest BCUT2D eigenvalue weighted by Gasteiger charge is 2.01. The van der Waals surface area contributed by atoms with E-state index in [0.29, 0.717) is 6.10 Å². The standard InChI is InChI=1S/C13H26O/c1-11(2)7-6-8-13(5)9-10-14-12(3)4/h7,12-13H,6,8-10H2,1-5H3. The van der Waals surface area contributed by atoms with Crippen LogP contribution in [0.25, 0.3) is 0 Å². The van der Waals surface area contributed by atoms with Gasteiger partial charge in [-0.25, -0.2) is 0 Å². The Morgan fingerprint density at radius 3 is 2.29 bits per heavy atom. The third kappa shape index (κ3) is 9.79. The minimum absolute atomic E-state index is 0.375. The van der Waals surface area contributed by atoms with Gasteiger partial charge in [0.2, 0.25) is 0 Å². The molecule has 14 heavy (non-hydrogen) atoms. The number of rotatable bonds is 7. The third-order valence-electron chi connectivity index (χ3n) is 2.27. The fourth-order valence-electron chi connectivity index (χ4n) is 1.31. The first-order valence-electron chi connectivity index (χ1n) is 5.77. The van der Waals surface area contributed by atoms with Gasteiger partial charge in [0.25, 0.3) is 0 Å². The lowest BCUT2D eigenvalue weighted by atomic mass is 10.0. The first kappa shape index (κ1) is 13.7. The summed E-state index contributed by atoms with van der Waals surface area (Å²) in [5.41, 5.74) is 1.43. The van der Waals surface area contributed by atoms with Gasteiger partial charge < -0.3 is 4.74 Å². The first-order chi connectivity index (χ1) is 6.52. The Morgan fingerprint density at radius 1 is 1.14 bits per heavy atom. The molecule has 0 amide bonds. The van der Waals surface area contributed by atoms with E-state index >= 15 is 0 Å². The fraction of sp³-hybridized carbons (Fsp3) is 0.846. The quantitative estimate of drug-likeness (QED) is 0.557. The zero-order valence-corrected chi connectivity index (χ0v) is 10.5. The molecule has 1 atom stereocenters. The van der Waals surface area contributed by atoms with Crippen molar-refractivity contribution in [1.29, 1.82) is 0 Å². The van der Waals surface area contributed by atoms with Crippen LogP contribution in [0.1, 0.15) is 53.9 Å². The van der Waals surface area contributed by atoms with Crippen LogP contribution in [-0.2, 0) is 4.74 Å². The average Bonchev–Trinajstić information content (AvgIpc) is 2.02. The summed E-state index contributed by atoms with van der Waals surface area (Å²) >= 11 is 0. The lowest BCUT2D eigenvalue weighted by Crippen LogP contribution is -2.07. The highest BCUT2D eigenvalue weighted by atomic mass is 16.5. The Labute approximate surface area is 89.5 Å². The van der Waals surface area contributed by atoms with Crippen LogP contribution in [0.3, 0.4) is 0 Å². The predicted molar refractivity (Wildman–Crippen MR) is 63.5 cm³/mol. The molecule has 1 unspecified atom stereocenters. The molecule has 0 aromatic heterocycles. The van der Waals surface area contributed by atoms with Crippen LogP contribution in [0.2, 0.25) is 0 Å². The van der Waals surface area contributed by atoms with E-state index in [1.165, 1.54) is 24.8 Å². The minimum atomic E-state index is 0.375. The molecule has 0 bridgehead atoms. The lowest BCUT2D eigenvalue weighted by Gasteiger charge is -2.12. The zero-order valence-electron chi connectivity index (χ0n) is 10.5.